The van der Waals surface area contributed by atoms with Gasteiger partial charge in [-0.3, -0.25) is 11.3 Å². The summed E-state index contributed by atoms with van der Waals surface area (Å²) in [5.41, 5.74) is 5.69. The summed E-state index contributed by atoms with van der Waals surface area (Å²) in [6, 6.07) is 9.42. The van der Waals surface area contributed by atoms with Gasteiger partial charge in [0.25, 0.3) is 0 Å². The molecule has 2 nitrogen and oxygen atoms in total. The largest absolute Gasteiger partial charge is 0.271 e. The number of nitrogens with one attached hydrogen (secondary N) is 1. The summed E-state index contributed by atoms with van der Waals surface area (Å²) in [6.07, 6.45) is 0. The highest BCUT2D eigenvalue weighted by Gasteiger charge is 2.46. The molecule has 0 bridgehead atoms. The molecule has 2 rings (SSSR count). The van der Waals surface area contributed by atoms with Gasteiger partial charge in [-0.15, -0.1) is 0 Å². The lowest BCUT2D eigenvalue weighted by Crippen LogP contribution is -2.26. The van der Waals surface area contributed by atoms with Gasteiger partial charge in [-0.25, -0.2) is 0 Å². The molecule has 1 aliphatic rings. The van der Waals surface area contributed by atoms with E-state index in [-0.39, 0.29) is 0 Å². The number of hydrogen-bond donors (Lipinski definition) is 2. The van der Waals surface area contributed by atoms with Gasteiger partial charge in [0.2, 0.25) is 0 Å². The fourth-order valence-corrected chi connectivity index (χ4v) is 2.33. The molecule has 15 heavy (non-hydrogen) atoms. The molecule has 1 fully saturated rings. The highest BCUT2D eigenvalue weighted by molar-refractivity contribution is 5.33. The van der Waals surface area contributed by atoms with Crippen molar-refractivity contribution < 1.29 is 0 Å². The van der Waals surface area contributed by atoms with Crippen molar-refractivity contribution in [2.24, 2.45) is 11.8 Å². The minimum atomic E-state index is 0.467. The number of rotatable bonds is 3. The van der Waals surface area contributed by atoms with Crippen LogP contribution in [0, 0.1) is 5.92 Å². The van der Waals surface area contributed by atoms with E-state index >= 15 is 0 Å². The summed E-state index contributed by atoms with van der Waals surface area (Å²) in [5.74, 6) is 7.36. The number of hydrazine groups is 1. The van der Waals surface area contributed by atoms with Gasteiger partial charge in [0.05, 0.1) is 0 Å². The molecule has 1 aliphatic carbocycles. The van der Waals surface area contributed by atoms with Gasteiger partial charge in [0, 0.05) is 12.0 Å². The van der Waals surface area contributed by atoms with E-state index in [1.165, 1.54) is 11.1 Å². The zero-order valence-corrected chi connectivity index (χ0v) is 9.70. The summed E-state index contributed by atoms with van der Waals surface area (Å²) in [7, 11) is 0. The Morgan fingerprint density at radius 1 is 1.20 bits per heavy atom. The molecule has 1 saturated carbocycles. The molecule has 3 N–H and O–H groups in total. The van der Waals surface area contributed by atoms with Crippen LogP contribution in [0.3, 0.4) is 0 Å². The topological polar surface area (TPSA) is 38.0 Å². The molecular weight excluding hydrogens is 184 g/mol. The van der Waals surface area contributed by atoms with E-state index in [0.29, 0.717) is 23.8 Å². The van der Waals surface area contributed by atoms with Gasteiger partial charge in [0.1, 0.15) is 0 Å². The summed E-state index contributed by atoms with van der Waals surface area (Å²) in [4.78, 5) is 0. The Balaban J connectivity index is 2.12. The van der Waals surface area contributed by atoms with Crippen LogP contribution in [-0.4, -0.2) is 6.04 Å². The Morgan fingerprint density at radius 2 is 1.80 bits per heavy atom. The average Bonchev–Trinajstić information content (AvgIpc) is 2.89. The van der Waals surface area contributed by atoms with Crippen LogP contribution >= 0.6 is 0 Å². The second-order valence-corrected chi connectivity index (χ2v) is 4.90. The first-order valence-electron chi connectivity index (χ1n) is 5.71. The van der Waals surface area contributed by atoms with Crippen LogP contribution < -0.4 is 11.3 Å². The lowest BCUT2D eigenvalue weighted by atomic mass is 10.00. The minimum Gasteiger partial charge on any atom is -0.271 e. The minimum absolute atomic E-state index is 0.467. The SMILES string of the molecule is CC(C)c1ccc(C2C(C)C2NN)cc1. The molecule has 0 heterocycles. The molecule has 3 unspecified atom stereocenters. The van der Waals surface area contributed by atoms with Gasteiger partial charge >= 0.3 is 0 Å². The summed E-state index contributed by atoms with van der Waals surface area (Å²) in [5, 5.41) is 0. The molecule has 0 aromatic heterocycles. The Bertz CT molecular complexity index is 329. The number of benzene rings is 1. The monoisotopic (exact) mass is 204 g/mol. The normalized spacial score (nSPS) is 29.5. The maximum Gasteiger partial charge on any atom is 0.0314 e. The zero-order valence-electron chi connectivity index (χ0n) is 9.70. The third kappa shape index (κ3) is 1.92. The third-order valence-electron chi connectivity index (χ3n) is 3.56. The molecule has 0 amide bonds. The van der Waals surface area contributed by atoms with E-state index in [4.69, 9.17) is 5.84 Å². The van der Waals surface area contributed by atoms with Crippen molar-refractivity contribution in [1.29, 1.82) is 0 Å². The molecule has 2 heteroatoms. The summed E-state index contributed by atoms with van der Waals surface area (Å²) >= 11 is 0. The molecule has 1 aromatic carbocycles. The van der Waals surface area contributed by atoms with Gasteiger partial charge in [-0.05, 0) is 23.0 Å². The first-order chi connectivity index (χ1) is 7.15. The molecule has 0 radical (unpaired) electrons. The van der Waals surface area contributed by atoms with Crippen LogP contribution in [0.15, 0.2) is 24.3 Å². The molecule has 1 aromatic rings. The van der Waals surface area contributed by atoms with Crippen LogP contribution in [0.2, 0.25) is 0 Å². The molecule has 82 valence electrons. The average molecular weight is 204 g/mol. The van der Waals surface area contributed by atoms with Crippen molar-refractivity contribution in [2.75, 3.05) is 0 Å². The number of nitrogens with two attached hydrogens (primary N) is 1. The van der Waals surface area contributed by atoms with E-state index in [1.807, 2.05) is 0 Å². The predicted octanol–water partition coefficient (Wildman–Crippen LogP) is 2.38. The Kier molecular flexibility index (Phi) is 2.81. The van der Waals surface area contributed by atoms with Crippen molar-refractivity contribution in [3.8, 4) is 0 Å². The van der Waals surface area contributed by atoms with Crippen molar-refractivity contribution in [2.45, 2.75) is 38.6 Å². The lowest BCUT2D eigenvalue weighted by molar-refractivity contribution is 0.685. The lowest BCUT2D eigenvalue weighted by Gasteiger charge is -2.06. The smallest absolute Gasteiger partial charge is 0.0314 e. The molecular formula is C13H20N2. The van der Waals surface area contributed by atoms with Crippen molar-refractivity contribution in [3.63, 3.8) is 0 Å². The molecule has 0 spiro atoms. The van der Waals surface area contributed by atoms with E-state index in [2.05, 4.69) is 50.5 Å². The second kappa shape index (κ2) is 3.95. The maximum atomic E-state index is 5.48. The quantitative estimate of drug-likeness (QED) is 0.586. The summed E-state index contributed by atoms with van der Waals surface area (Å²) in [6.45, 7) is 6.68. The van der Waals surface area contributed by atoms with Gasteiger partial charge < -0.3 is 0 Å². The van der Waals surface area contributed by atoms with Crippen LogP contribution in [0.4, 0.5) is 0 Å². The van der Waals surface area contributed by atoms with Crippen LogP contribution in [0.1, 0.15) is 43.7 Å². The first kappa shape index (κ1) is 10.7. The fraction of sp³-hybridized carbons (Fsp3) is 0.538. The highest BCUT2D eigenvalue weighted by Crippen LogP contribution is 2.46. The Morgan fingerprint density at radius 3 is 2.20 bits per heavy atom. The van der Waals surface area contributed by atoms with E-state index in [9.17, 15) is 0 Å². The van der Waals surface area contributed by atoms with Crippen molar-refractivity contribution in [3.05, 3.63) is 35.4 Å². The van der Waals surface area contributed by atoms with Gasteiger partial charge in [0.15, 0.2) is 0 Å². The second-order valence-electron chi connectivity index (χ2n) is 4.90. The van der Waals surface area contributed by atoms with Crippen LogP contribution in [0.5, 0.6) is 0 Å². The van der Waals surface area contributed by atoms with Crippen molar-refractivity contribution in [1.82, 2.24) is 5.43 Å². The van der Waals surface area contributed by atoms with Crippen LogP contribution in [-0.2, 0) is 0 Å². The molecule has 0 aliphatic heterocycles. The number of hydrogen-bond acceptors (Lipinski definition) is 2. The Labute approximate surface area is 91.8 Å². The first-order valence-corrected chi connectivity index (χ1v) is 5.71. The molecule has 3 atom stereocenters. The van der Waals surface area contributed by atoms with Crippen LogP contribution in [0.25, 0.3) is 0 Å². The van der Waals surface area contributed by atoms with Gasteiger partial charge in [-0.2, -0.15) is 0 Å². The van der Waals surface area contributed by atoms with Gasteiger partial charge in [-0.1, -0.05) is 45.0 Å². The van der Waals surface area contributed by atoms with E-state index < -0.39 is 0 Å². The van der Waals surface area contributed by atoms with Crippen molar-refractivity contribution >= 4 is 0 Å². The standard InChI is InChI=1S/C13H20N2/c1-8(2)10-4-6-11(7-5-10)12-9(3)13(12)15-14/h4-9,12-13,15H,14H2,1-3H3. The Hall–Kier alpha value is -0.860. The van der Waals surface area contributed by atoms with E-state index in [0.717, 1.165) is 0 Å². The predicted molar refractivity (Wildman–Crippen MR) is 63.5 cm³/mol. The van der Waals surface area contributed by atoms with E-state index in [1.54, 1.807) is 0 Å². The maximum absolute atomic E-state index is 5.48. The third-order valence-corrected chi connectivity index (χ3v) is 3.56. The zero-order chi connectivity index (χ0) is 11.0. The highest BCUT2D eigenvalue weighted by atomic mass is 15.3. The molecule has 0 saturated heterocycles. The summed E-state index contributed by atoms with van der Waals surface area (Å²) < 4.78 is 0. The fourth-order valence-electron chi connectivity index (χ4n) is 2.33.